The van der Waals surface area contributed by atoms with Gasteiger partial charge in [-0.1, -0.05) is 136 Å². The van der Waals surface area contributed by atoms with Gasteiger partial charge in [-0.15, -0.1) is 0 Å². The Balaban J connectivity index is 1.27. The summed E-state index contributed by atoms with van der Waals surface area (Å²) in [5, 5.41) is 7.39. The fourth-order valence-corrected chi connectivity index (χ4v) is 8.13. The monoisotopic (exact) mass is 665 g/mol. The lowest BCUT2D eigenvalue weighted by Crippen LogP contribution is -2.25. The van der Waals surface area contributed by atoms with E-state index in [2.05, 4.69) is 159 Å². The summed E-state index contributed by atoms with van der Waals surface area (Å²) in [6, 6.07) is 34.7. The first-order valence-electron chi connectivity index (χ1n) is 18.2. The molecule has 0 saturated carbocycles. The van der Waals surface area contributed by atoms with Crippen molar-refractivity contribution in [2.45, 2.75) is 105 Å². The summed E-state index contributed by atoms with van der Waals surface area (Å²) < 4.78 is 6.06. The van der Waals surface area contributed by atoms with Crippen molar-refractivity contribution < 1.29 is 4.42 Å². The number of hydrogen-bond donors (Lipinski definition) is 0. The van der Waals surface area contributed by atoms with Crippen LogP contribution in [0.1, 0.15) is 117 Å². The van der Waals surface area contributed by atoms with Crippen molar-refractivity contribution in [1.29, 1.82) is 0 Å². The molecule has 0 bridgehead atoms. The molecule has 1 atom stereocenters. The minimum Gasteiger partial charge on any atom is -0.436 e. The van der Waals surface area contributed by atoms with Gasteiger partial charge in [0.1, 0.15) is 5.52 Å². The summed E-state index contributed by atoms with van der Waals surface area (Å²) in [5.74, 6) is 0.629. The summed E-state index contributed by atoms with van der Waals surface area (Å²) >= 11 is 0. The number of oxazole rings is 1. The summed E-state index contributed by atoms with van der Waals surface area (Å²) in [5.41, 5.74) is 10.7. The van der Waals surface area contributed by atoms with Crippen molar-refractivity contribution in [2.75, 3.05) is 5.01 Å². The molecule has 1 aliphatic rings. The highest BCUT2D eigenvalue weighted by Crippen LogP contribution is 2.40. The van der Waals surface area contributed by atoms with Gasteiger partial charge in [-0.3, -0.25) is 5.01 Å². The lowest BCUT2D eigenvalue weighted by atomic mass is 9.72. The van der Waals surface area contributed by atoms with Crippen molar-refractivity contribution in [3.8, 4) is 11.5 Å². The maximum absolute atomic E-state index is 6.06. The van der Waals surface area contributed by atoms with Gasteiger partial charge < -0.3 is 4.42 Å². The number of benzene rings is 4. The number of para-hydroxylation sites is 2. The Hall–Kier alpha value is -4.44. The summed E-state index contributed by atoms with van der Waals surface area (Å²) in [4.78, 5) is 4.71. The van der Waals surface area contributed by atoms with Gasteiger partial charge in [0.2, 0.25) is 5.89 Å². The second kappa shape index (κ2) is 13.4. The fraction of sp³-hybridized carbons (Fsp3) is 0.391. The van der Waals surface area contributed by atoms with E-state index in [1.165, 1.54) is 22.3 Å². The van der Waals surface area contributed by atoms with Gasteiger partial charge in [-0.25, -0.2) is 4.98 Å². The van der Waals surface area contributed by atoms with E-state index in [0.717, 1.165) is 47.3 Å². The molecule has 260 valence electrons. The van der Waals surface area contributed by atoms with E-state index in [9.17, 15) is 0 Å². The standard InChI is InChI=1S/C46H55N3O/c1-43(2,3)30-45(7,8)35-22-15-32(16-23-35)17-26-37-29-40(33-18-24-36(25-19-33)46(9,10)31-44(4,5)6)49(48-37)38-27-20-34(21-28-38)42-47-39-13-11-12-14-41(39)50-42/h11-28,40H,29-31H2,1-10H3. The average molecular weight is 666 g/mol. The highest BCUT2D eigenvalue weighted by atomic mass is 16.3. The third-order valence-corrected chi connectivity index (χ3v) is 9.79. The summed E-state index contributed by atoms with van der Waals surface area (Å²) in [7, 11) is 0. The first kappa shape index (κ1) is 35.4. The van der Waals surface area contributed by atoms with Gasteiger partial charge in [0.15, 0.2) is 5.58 Å². The predicted molar refractivity (Wildman–Crippen MR) is 213 cm³/mol. The molecule has 0 spiro atoms. The van der Waals surface area contributed by atoms with Crippen LogP contribution in [0, 0.1) is 10.8 Å². The molecule has 0 saturated heterocycles. The Kier molecular flexibility index (Phi) is 9.45. The molecule has 0 amide bonds. The Morgan fingerprint density at radius 2 is 1.22 bits per heavy atom. The summed E-state index contributed by atoms with van der Waals surface area (Å²) in [6.07, 6.45) is 7.47. The van der Waals surface area contributed by atoms with Crippen LogP contribution in [0.15, 0.2) is 113 Å². The number of allylic oxidation sites excluding steroid dienone is 1. The van der Waals surface area contributed by atoms with E-state index in [0.29, 0.717) is 5.89 Å². The minimum atomic E-state index is 0.0881. The zero-order valence-corrected chi connectivity index (χ0v) is 31.8. The molecule has 50 heavy (non-hydrogen) atoms. The van der Waals surface area contributed by atoms with Crippen molar-refractivity contribution in [1.82, 2.24) is 4.98 Å². The number of nitrogens with zero attached hydrogens (tertiary/aromatic N) is 3. The van der Waals surface area contributed by atoms with Crippen molar-refractivity contribution in [3.05, 3.63) is 125 Å². The van der Waals surface area contributed by atoms with Crippen molar-refractivity contribution in [3.63, 3.8) is 0 Å². The molecule has 2 heterocycles. The summed E-state index contributed by atoms with van der Waals surface area (Å²) in [6.45, 7) is 23.3. The van der Waals surface area contributed by atoms with Crippen molar-refractivity contribution in [2.24, 2.45) is 15.9 Å². The first-order chi connectivity index (χ1) is 23.5. The molecule has 4 heteroatoms. The van der Waals surface area contributed by atoms with E-state index in [1.54, 1.807) is 0 Å². The third kappa shape index (κ3) is 8.29. The Labute approximate surface area is 300 Å². The van der Waals surface area contributed by atoms with E-state index in [4.69, 9.17) is 14.5 Å². The second-order valence-corrected chi connectivity index (χ2v) is 18.0. The van der Waals surface area contributed by atoms with Gasteiger partial charge in [0, 0.05) is 12.0 Å². The van der Waals surface area contributed by atoms with Crippen LogP contribution < -0.4 is 5.01 Å². The molecule has 1 unspecified atom stereocenters. The number of anilines is 1. The van der Waals surface area contributed by atoms with Gasteiger partial charge in [-0.05, 0) is 99.2 Å². The van der Waals surface area contributed by atoms with Crippen molar-refractivity contribution >= 4 is 28.6 Å². The molecule has 0 N–H and O–H groups in total. The zero-order valence-electron chi connectivity index (χ0n) is 31.8. The van der Waals surface area contributed by atoms with Crippen LogP contribution in [0.25, 0.3) is 28.6 Å². The van der Waals surface area contributed by atoms with Gasteiger partial charge in [-0.2, -0.15) is 5.10 Å². The van der Waals surface area contributed by atoms with Crippen LogP contribution in [0.5, 0.6) is 0 Å². The number of hydrazone groups is 1. The highest BCUT2D eigenvalue weighted by molar-refractivity contribution is 6.01. The Morgan fingerprint density at radius 1 is 0.660 bits per heavy atom. The van der Waals surface area contributed by atoms with Crippen LogP contribution in [-0.4, -0.2) is 10.7 Å². The largest absolute Gasteiger partial charge is 0.436 e. The van der Waals surface area contributed by atoms with Crippen LogP contribution >= 0.6 is 0 Å². The average Bonchev–Trinajstić information content (AvgIpc) is 3.67. The molecule has 5 aromatic rings. The topological polar surface area (TPSA) is 41.6 Å². The highest BCUT2D eigenvalue weighted by Gasteiger charge is 2.31. The normalized spacial score (nSPS) is 16.1. The molecule has 4 aromatic carbocycles. The maximum atomic E-state index is 6.06. The van der Waals surface area contributed by atoms with Crippen LogP contribution in [0.2, 0.25) is 0 Å². The third-order valence-electron chi connectivity index (χ3n) is 9.79. The smallest absolute Gasteiger partial charge is 0.227 e. The second-order valence-electron chi connectivity index (χ2n) is 18.0. The molecular formula is C46H55N3O. The maximum Gasteiger partial charge on any atom is 0.227 e. The molecular weight excluding hydrogens is 611 g/mol. The van der Waals surface area contributed by atoms with Gasteiger partial charge >= 0.3 is 0 Å². The quantitative estimate of drug-likeness (QED) is 0.157. The number of aromatic nitrogens is 1. The number of rotatable bonds is 9. The Bertz CT molecular complexity index is 1940. The number of hydrogen-bond acceptors (Lipinski definition) is 4. The predicted octanol–water partition coefficient (Wildman–Crippen LogP) is 12.9. The van der Waals surface area contributed by atoms with E-state index in [-0.39, 0.29) is 27.7 Å². The molecule has 1 aliphatic heterocycles. The van der Waals surface area contributed by atoms with E-state index in [1.807, 2.05) is 24.3 Å². The van der Waals surface area contributed by atoms with E-state index >= 15 is 0 Å². The fourth-order valence-electron chi connectivity index (χ4n) is 8.13. The first-order valence-corrected chi connectivity index (χ1v) is 18.2. The minimum absolute atomic E-state index is 0.0881. The van der Waals surface area contributed by atoms with E-state index < -0.39 is 0 Å². The van der Waals surface area contributed by atoms with Gasteiger partial charge in [0.05, 0.1) is 17.4 Å². The molecule has 0 fully saturated rings. The molecule has 0 aliphatic carbocycles. The Morgan fingerprint density at radius 3 is 1.78 bits per heavy atom. The number of fused-ring (bicyclic) bond motifs is 1. The zero-order chi connectivity index (χ0) is 35.9. The molecule has 6 rings (SSSR count). The lowest BCUT2D eigenvalue weighted by molar-refractivity contribution is 0.283. The van der Waals surface area contributed by atoms with Crippen LogP contribution in [-0.2, 0) is 10.8 Å². The SMILES string of the molecule is CC(C)(C)CC(C)(C)c1ccc(C=CC2=NN(c3ccc(-c4nc5ccccc5o4)cc3)C(c3ccc(C(C)(C)CC(C)(C)C)cc3)C2)cc1. The molecule has 4 nitrogen and oxygen atoms in total. The van der Waals surface area contributed by atoms with Crippen LogP contribution in [0.3, 0.4) is 0 Å². The van der Waals surface area contributed by atoms with Crippen LogP contribution in [0.4, 0.5) is 5.69 Å². The molecule has 1 aromatic heterocycles. The molecule has 0 radical (unpaired) electrons. The lowest BCUT2D eigenvalue weighted by Gasteiger charge is -2.33. The van der Waals surface area contributed by atoms with Gasteiger partial charge in [0.25, 0.3) is 0 Å².